The van der Waals surface area contributed by atoms with Crippen molar-refractivity contribution in [3.63, 3.8) is 0 Å². The fraction of sp³-hybridized carbons (Fsp3) is 0.0435. The molecular formula is C23H17NO3. The zero-order valence-electron chi connectivity index (χ0n) is 14.6. The summed E-state index contributed by atoms with van der Waals surface area (Å²) in [6.45, 7) is 4.06. The molecule has 1 aliphatic rings. The third-order valence-corrected chi connectivity index (χ3v) is 4.17. The van der Waals surface area contributed by atoms with E-state index in [4.69, 9.17) is 9.47 Å². The first-order valence-corrected chi connectivity index (χ1v) is 8.59. The topological polar surface area (TPSA) is 47.9 Å². The summed E-state index contributed by atoms with van der Waals surface area (Å²) in [5.41, 5.74) is 1.87. The van der Waals surface area contributed by atoms with Gasteiger partial charge in [0.25, 0.3) is 0 Å². The van der Waals surface area contributed by atoms with E-state index in [0.717, 1.165) is 21.9 Å². The molecule has 0 amide bonds. The maximum Gasteiger partial charge on any atom is 0.363 e. The van der Waals surface area contributed by atoms with Gasteiger partial charge in [0.1, 0.15) is 12.4 Å². The highest BCUT2D eigenvalue weighted by molar-refractivity contribution is 6.17. The van der Waals surface area contributed by atoms with E-state index in [1.807, 2.05) is 66.7 Å². The predicted octanol–water partition coefficient (Wildman–Crippen LogP) is 4.75. The Labute approximate surface area is 157 Å². The Bertz CT molecular complexity index is 1090. The normalized spacial score (nSPS) is 14.9. The van der Waals surface area contributed by atoms with E-state index in [0.29, 0.717) is 18.3 Å². The molecule has 0 fully saturated rings. The summed E-state index contributed by atoms with van der Waals surface area (Å²) < 4.78 is 11.0. The first-order valence-electron chi connectivity index (χ1n) is 8.59. The van der Waals surface area contributed by atoms with Gasteiger partial charge in [-0.3, -0.25) is 0 Å². The number of ether oxygens (including phenoxy) is 2. The molecule has 3 aromatic carbocycles. The molecule has 132 valence electrons. The van der Waals surface area contributed by atoms with E-state index in [1.165, 1.54) is 0 Å². The molecule has 1 aliphatic heterocycles. The van der Waals surface area contributed by atoms with Crippen molar-refractivity contribution in [2.45, 2.75) is 0 Å². The van der Waals surface area contributed by atoms with E-state index in [9.17, 15) is 4.79 Å². The number of hydrogen-bond acceptors (Lipinski definition) is 4. The molecule has 0 atom stereocenters. The van der Waals surface area contributed by atoms with Crippen LogP contribution in [0, 0.1) is 0 Å². The van der Waals surface area contributed by atoms with Gasteiger partial charge in [-0.05, 0) is 40.6 Å². The van der Waals surface area contributed by atoms with Crippen LogP contribution < -0.4 is 4.74 Å². The Hall–Kier alpha value is -3.66. The van der Waals surface area contributed by atoms with Gasteiger partial charge >= 0.3 is 5.97 Å². The highest BCUT2D eigenvalue weighted by Crippen LogP contribution is 2.25. The van der Waals surface area contributed by atoms with Gasteiger partial charge in [0, 0.05) is 5.56 Å². The standard InChI is InChI=1S/C23H17NO3/c1-2-13-26-18-10-5-7-16(14-18)15-21-23(25)27-22(24-21)20-12-6-9-17-8-3-4-11-19(17)20/h2-12,14-15H,1,13H2/b21-15+. The van der Waals surface area contributed by atoms with E-state index >= 15 is 0 Å². The Kier molecular flexibility index (Phi) is 4.54. The molecule has 1 heterocycles. The molecule has 0 spiro atoms. The summed E-state index contributed by atoms with van der Waals surface area (Å²) >= 11 is 0. The fourth-order valence-electron chi connectivity index (χ4n) is 2.94. The molecule has 0 saturated heterocycles. The summed E-state index contributed by atoms with van der Waals surface area (Å²) in [5.74, 6) is 0.561. The van der Waals surface area contributed by atoms with E-state index in [1.54, 1.807) is 12.2 Å². The number of rotatable bonds is 5. The SMILES string of the molecule is C=CCOc1cccc(/C=C2/N=C(c3cccc4ccccc34)OC2=O)c1. The Morgan fingerprint density at radius 1 is 1.04 bits per heavy atom. The van der Waals surface area contributed by atoms with Gasteiger partial charge in [-0.15, -0.1) is 0 Å². The lowest BCUT2D eigenvalue weighted by Gasteiger charge is -2.04. The molecule has 0 radical (unpaired) electrons. The largest absolute Gasteiger partial charge is 0.490 e. The molecule has 3 aromatic rings. The van der Waals surface area contributed by atoms with Crippen LogP contribution in [0.25, 0.3) is 16.8 Å². The van der Waals surface area contributed by atoms with Crippen LogP contribution in [0.1, 0.15) is 11.1 Å². The van der Waals surface area contributed by atoms with Crippen molar-refractivity contribution in [2.24, 2.45) is 4.99 Å². The molecule has 0 bridgehead atoms. The van der Waals surface area contributed by atoms with Gasteiger partial charge in [0.15, 0.2) is 5.70 Å². The molecular weight excluding hydrogens is 338 g/mol. The second-order valence-corrected chi connectivity index (χ2v) is 6.03. The zero-order valence-corrected chi connectivity index (χ0v) is 14.6. The third-order valence-electron chi connectivity index (χ3n) is 4.17. The molecule has 0 unspecified atom stereocenters. The lowest BCUT2D eigenvalue weighted by molar-refractivity contribution is -0.129. The summed E-state index contributed by atoms with van der Waals surface area (Å²) in [6.07, 6.45) is 3.38. The van der Waals surface area contributed by atoms with Crippen LogP contribution in [0.3, 0.4) is 0 Å². The number of carbonyl (C=O) groups excluding carboxylic acids is 1. The molecule has 0 N–H and O–H groups in total. The lowest BCUT2D eigenvalue weighted by Crippen LogP contribution is -2.05. The minimum Gasteiger partial charge on any atom is -0.490 e. The maximum absolute atomic E-state index is 12.3. The molecule has 4 rings (SSSR count). The Balaban J connectivity index is 1.69. The minimum atomic E-state index is -0.463. The number of cyclic esters (lactones) is 1. The predicted molar refractivity (Wildman–Crippen MR) is 107 cm³/mol. The Morgan fingerprint density at radius 2 is 1.85 bits per heavy atom. The number of hydrogen-bond donors (Lipinski definition) is 0. The first kappa shape index (κ1) is 16.8. The second kappa shape index (κ2) is 7.30. The zero-order chi connectivity index (χ0) is 18.6. The smallest absolute Gasteiger partial charge is 0.363 e. The van der Waals surface area contributed by atoms with Gasteiger partial charge in [0.2, 0.25) is 5.90 Å². The monoisotopic (exact) mass is 355 g/mol. The molecule has 0 aliphatic carbocycles. The quantitative estimate of drug-likeness (QED) is 0.377. The van der Waals surface area contributed by atoms with Crippen LogP contribution in [0.5, 0.6) is 5.75 Å². The van der Waals surface area contributed by atoms with Crippen molar-refractivity contribution >= 4 is 28.7 Å². The second-order valence-electron chi connectivity index (χ2n) is 6.03. The van der Waals surface area contributed by atoms with Gasteiger partial charge in [0.05, 0.1) is 0 Å². The summed E-state index contributed by atoms with van der Waals surface area (Å²) in [7, 11) is 0. The third kappa shape index (κ3) is 3.51. The minimum absolute atomic E-state index is 0.263. The maximum atomic E-state index is 12.3. The van der Waals surface area contributed by atoms with Gasteiger partial charge in [-0.1, -0.05) is 61.2 Å². The number of fused-ring (bicyclic) bond motifs is 1. The van der Waals surface area contributed by atoms with Crippen molar-refractivity contribution in [3.05, 3.63) is 96.2 Å². The Morgan fingerprint density at radius 3 is 2.74 bits per heavy atom. The average Bonchev–Trinajstić information content (AvgIpc) is 3.06. The number of nitrogens with zero attached hydrogens (tertiary/aromatic N) is 1. The average molecular weight is 355 g/mol. The van der Waals surface area contributed by atoms with Gasteiger partial charge in [-0.2, -0.15) is 0 Å². The highest BCUT2D eigenvalue weighted by Gasteiger charge is 2.25. The van der Waals surface area contributed by atoms with Crippen LogP contribution in [0.4, 0.5) is 0 Å². The van der Waals surface area contributed by atoms with Crippen LogP contribution in [-0.4, -0.2) is 18.5 Å². The van der Waals surface area contributed by atoms with E-state index < -0.39 is 5.97 Å². The van der Waals surface area contributed by atoms with E-state index in [-0.39, 0.29) is 5.70 Å². The fourth-order valence-corrected chi connectivity index (χ4v) is 2.94. The van der Waals surface area contributed by atoms with Gasteiger partial charge < -0.3 is 9.47 Å². The van der Waals surface area contributed by atoms with Crippen molar-refractivity contribution in [1.82, 2.24) is 0 Å². The molecule has 4 heteroatoms. The first-order chi connectivity index (χ1) is 13.2. The molecule has 4 nitrogen and oxygen atoms in total. The summed E-state index contributed by atoms with van der Waals surface area (Å²) in [6, 6.07) is 21.2. The van der Waals surface area contributed by atoms with Crippen LogP contribution >= 0.6 is 0 Å². The number of benzene rings is 3. The number of esters is 1. The highest BCUT2D eigenvalue weighted by atomic mass is 16.6. The van der Waals surface area contributed by atoms with Crippen LogP contribution in [0.2, 0.25) is 0 Å². The van der Waals surface area contributed by atoms with Crippen molar-refractivity contribution < 1.29 is 14.3 Å². The van der Waals surface area contributed by atoms with Crippen molar-refractivity contribution in [2.75, 3.05) is 6.61 Å². The van der Waals surface area contributed by atoms with Crippen LogP contribution in [-0.2, 0) is 9.53 Å². The summed E-state index contributed by atoms with van der Waals surface area (Å²) in [5, 5.41) is 2.06. The molecule has 0 saturated carbocycles. The lowest BCUT2D eigenvalue weighted by atomic mass is 10.0. The number of aliphatic imine (C=N–C) groups is 1. The summed E-state index contributed by atoms with van der Waals surface area (Å²) in [4.78, 5) is 16.7. The van der Waals surface area contributed by atoms with E-state index in [2.05, 4.69) is 11.6 Å². The molecule has 27 heavy (non-hydrogen) atoms. The van der Waals surface area contributed by atoms with Crippen LogP contribution in [0.15, 0.2) is 90.1 Å². The van der Waals surface area contributed by atoms with Crippen molar-refractivity contribution in [3.8, 4) is 5.75 Å². The molecule has 0 aromatic heterocycles. The van der Waals surface area contributed by atoms with Crippen molar-refractivity contribution in [1.29, 1.82) is 0 Å². The van der Waals surface area contributed by atoms with Gasteiger partial charge in [-0.25, -0.2) is 9.79 Å². The number of carbonyl (C=O) groups is 1.